The van der Waals surface area contributed by atoms with Gasteiger partial charge in [0.1, 0.15) is 5.75 Å². The maximum absolute atomic E-state index is 12.7. The molecule has 1 amide bonds. The highest BCUT2D eigenvalue weighted by atomic mass is 16.5. The lowest BCUT2D eigenvalue weighted by atomic mass is 9.93. The van der Waals surface area contributed by atoms with E-state index in [0.29, 0.717) is 12.5 Å². The molecule has 2 aromatic carbocycles. The summed E-state index contributed by atoms with van der Waals surface area (Å²) in [6.07, 6.45) is 3.20. The maximum Gasteiger partial charge on any atom is 0.251 e. The van der Waals surface area contributed by atoms with E-state index in [-0.39, 0.29) is 5.91 Å². The Morgan fingerprint density at radius 1 is 1.24 bits per heavy atom. The number of benzene rings is 2. The van der Waals surface area contributed by atoms with Gasteiger partial charge in [-0.25, -0.2) is 0 Å². The lowest BCUT2D eigenvalue weighted by Gasteiger charge is -2.18. The SMILES string of the molecule is O=C(NCc1ccc2c(c1)CCCO2)c1ccccc1[C@H]1CCNC1. The van der Waals surface area contributed by atoms with Crippen LogP contribution in [0.2, 0.25) is 0 Å². The molecule has 0 radical (unpaired) electrons. The summed E-state index contributed by atoms with van der Waals surface area (Å²) in [5, 5.41) is 6.47. The molecule has 0 saturated carbocycles. The van der Waals surface area contributed by atoms with Gasteiger partial charge in [-0.3, -0.25) is 4.79 Å². The molecule has 2 aliphatic rings. The number of carbonyl (C=O) groups excluding carboxylic acids is 1. The zero-order valence-corrected chi connectivity index (χ0v) is 14.4. The summed E-state index contributed by atoms with van der Waals surface area (Å²) in [7, 11) is 0. The van der Waals surface area contributed by atoms with Crippen LogP contribution in [-0.4, -0.2) is 25.6 Å². The first-order chi connectivity index (χ1) is 12.3. The van der Waals surface area contributed by atoms with E-state index in [9.17, 15) is 4.79 Å². The van der Waals surface area contributed by atoms with Crippen LogP contribution in [0.25, 0.3) is 0 Å². The second-order valence-corrected chi connectivity index (χ2v) is 6.85. The minimum atomic E-state index is 0.0106. The molecule has 0 bridgehead atoms. The van der Waals surface area contributed by atoms with Crippen LogP contribution in [0.5, 0.6) is 5.75 Å². The Balaban J connectivity index is 1.46. The van der Waals surface area contributed by atoms with Crippen molar-refractivity contribution in [3.05, 3.63) is 64.7 Å². The van der Waals surface area contributed by atoms with Gasteiger partial charge in [-0.05, 0) is 60.5 Å². The molecule has 1 atom stereocenters. The number of ether oxygens (including phenoxy) is 1. The summed E-state index contributed by atoms with van der Waals surface area (Å²) in [6.45, 7) is 3.33. The molecule has 25 heavy (non-hydrogen) atoms. The lowest BCUT2D eigenvalue weighted by molar-refractivity contribution is 0.0949. The van der Waals surface area contributed by atoms with E-state index in [1.807, 2.05) is 30.3 Å². The van der Waals surface area contributed by atoms with Gasteiger partial charge >= 0.3 is 0 Å². The van der Waals surface area contributed by atoms with Crippen LogP contribution in [0.4, 0.5) is 0 Å². The third kappa shape index (κ3) is 3.54. The predicted octanol–water partition coefficient (Wildman–Crippen LogP) is 3.02. The van der Waals surface area contributed by atoms with Crippen molar-refractivity contribution in [3.8, 4) is 5.75 Å². The standard InChI is InChI=1S/C21H24N2O2/c24-21(19-6-2-1-5-18(19)17-9-10-22-14-17)23-13-15-7-8-20-16(12-15)4-3-11-25-20/h1-2,5-8,12,17,22H,3-4,9-11,13-14H2,(H,23,24)/t17-/m0/s1. The Bertz CT molecular complexity index is 766. The van der Waals surface area contributed by atoms with Crippen molar-refractivity contribution in [1.82, 2.24) is 10.6 Å². The van der Waals surface area contributed by atoms with Gasteiger partial charge in [0.25, 0.3) is 5.91 Å². The largest absolute Gasteiger partial charge is 0.493 e. The highest BCUT2D eigenvalue weighted by Gasteiger charge is 2.22. The fraction of sp³-hybridized carbons (Fsp3) is 0.381. The van der Waals surface area contributed by atoms with Gasteiger partial charge in [-0.1, -0.05) is 30.3 Å². The van der Waals surface area contributed by atoms with E-state index in [4.69, 9.17) is 4.74 Å². The van der Waals surface area contributed by atoms with E-state index >= 15 is 0 Å². The highest BCUT2D eigenvalue weighted by Crippen LogP contribution is 2.27. The summed E-state index contributed by atoms with van der Waals surface area (Å²) in [4.78, 5) is 12.7. The minimum Gasteiger partial charge on any atom is -0.493 e. The predicted molar refractivity (Wildman–Crippen MR) is 98.1 cm³/mol. The number of carbonyl (C=O) groups is 1. The summed E-state index contributed by atoms with van der Waals surface area (Å²) in [5.74, 6) is 1.43. The van der Waals surface area contributed by atoms with E-state index in [1.165, 1.54) is 5.56 Å². The maximum atomic E-state index is 12.7. The van der Waals surface area contributed by atoms with Gasteiger partial charge in [0.2, 0.25) is 0 Å². The highest BCUT2D eigenvalue weighted by molar-refractivity contribution is 5.95. The van der Waals surface area contributed by atoms with Crippen LogP contribution in [0.1, 0.15) is 45.8 Å². The van der Waals surface area contributed by atoms with Crippen molar-refractivity contribution in [2.24, 2.45) is 0 Å². The van der Waals surface area contributed by atoms with Crippen molar-refractivity contribution in [2.75, 3.05) is 19.7 Å². The Morgan fingerprint density at radius 2 is 2.16 bits per heavy atom. The van der Waals surface area contributed by atoms with E-state index < -0.39 is 0 Å². The first-order valence-electron chi connectivity index (χ1n) is 9.14. The molecular formula is C21H24N2O2. The third-order valence-electron chi connectivity index (χ3n) is 5.13. The smallest absolute Gasteiger partial charge is 0.251 e. The van der Waals surface area contributed by atoms with Crippen molar-refractivity contribution >= 4 is 5.91 Å². The number of hydrogen-bond donors (Lipinski definition) is 2. The molecule has 0 unspecified atom stereocenters. The van der Waals surface area contributed by atoms with Crippen LogP contribution in [0.3, 0.4) is 0 Å². The molecule has 2 aliphatic heterocycles. The second-order valence-electron chi connectivity index (χ2n) is 6.85. The Kier molecular flexibility index (Phi) is 4.70. The van der Waals surface area contributed by atoms with Crippen LogP contribution in [0, 0.1) is 0 Å². The number of rotatable bonds is 4. The Hall–Kier alpha value is -2.33. The first-order valence-corrected chi connectivity index (χ1v) is 9.14. The zero-order chi connectivity index (χ0) is 17.1. The average molecular weight is 336 g/mol. The molecule has 0 aliphatic carbocycles. The fourth-order valence-electron chi connectivity index (χ4n) is 3.78. The molecular weight excluding hydrogens is 312 g/mol. The first kappa shape index (κ1) is 16.2. The normalized spacial score (nSPS) is 19.1. The molecule has 0 spiro atoms. The lowest BCUT2D eigenvalue weighted by Crippen LogP contribution is -2.25. The number of amides is 1. The van der Waals surface area contributed by atoms with Gasteiger partial charge in [-0.2, -0.15) is 0 Å². The van der Waals surface area contributed by atoms with E-state index in [2.05, 4.69) is 22.8 Å². The van der Waals surface area contributed by atoms with Crippen molar-refractivity contribution in [1.29, 1.82) is 0 Å². The Labute approximate surface area is 148 Å². The molecule has 130 valence electrons. The molecule has 0 aromatic heterocycles. The second kappa shape index (κ2) is 7.28. The van der Waals surface area contributed by atoms with Crippen molar-refractivity contribution in [2.45, 2.75) is 31.7 Å². The fourth-order valence-corrected chi connectivity index (χ4v) is 3.78. The number of nitrogens with one attached hydrogen (secondary N) is 2. The topological polar surface area (TPSA) is 50.4 Å². The van der Waals surface area contributed by atoms with Gasteiger partial charge in [0.05, 0.1) is 6.61 Å². The van der Waals surface area contributed by atoms with Crippen molar-refractivity contribution in [3.63, 3.8) is 0 Å². The monoisotopic (exact) mass is 336 g/mol. The van der Waals surface area contributed by atoms with Gasteiger partial charge < -0.3 is 15.4 Å². The summed E-state index contributed by atoms with van der Waals surface area (Å²) in [5.41, 5.74) is 4.33. The molecule has 4 nitrogen and oxygen atoms in total. The molecule has 1 saturated heterocycles. The average Bonchev–Trinajstić information content (AvgIpc) is 3.20. The number of fused-ring (bicyclic) bond motifs is 1. The summed E-state index contributed by atoms with van der Waals surface area (Å²) in [6, 6.07) is 14.2. The number of aryl methyl sites for hydroxylation is 1. The van der Waals surface area contributed by atoms with Gasteiger partial charge in [-0.15, -0.1) is 0 Å². The van der Waals surface area contributed by atoms with E-state index in [1.54, 1.807) is 0 Å². The summed E-state index contributed by atoms with van der Waals surface area (Å²) < 4.78 is 5.65. The van der Waals surface area contributed by atoms with E-state index in [0.717, 1.165) is 61.4 Å². The minimum absolute atomic E-state index is 0.0106. The zero-order valence-electron chi connectivity index (χ0n) is 14.4. The van der Waals surface area contributed by atoms with Crippen molar-refractivity contribution < 1.29 is 9.53 Å². The molecule has 4 rings (SSSR count). The molecule has 2 N–H and O–H groups in total. The molecule has 2 heterocycles. The molecule has 4 heteroatoms. The van der Waals surface area contributed by atoms with Crippen LogP contribution in [-0.2, 0) is 13.0 Å². The van der Waals surface area contributed by atoms with Gasteiger partial charge in [0.15, 0.2) is 0 Å². The van der Waals surface area contributed by atoms with Crippen LogP contribution >= 0.6 is 0 Å². The quantitative estimate of drug-likeness (QED) is 0.902. The molecule has 1 fully saturated rings. The van der Waals surface area contributed by atoms with Gasteiger partial charge in [0, 0.05) is 18.7 Å². The summed E-state index contributed by atoms with van der Waals surface area (Å²) >= 11 is 0. The number of hydrogen-bond acceptors (Lipinski definition) is 3. The Morgan fingerprint density at radius 3 is 3.04 bits per heavy atom. The van der Waals surface area contributed by atoms with Crippen LogP contribution in [0.15, 0.2) is 42.5 Å². The van der Waals surface area contributed by atoms with Crippen LogP contribution < -0.4 is 15.4 Å². The molecule has 2 aromatic rings. The third-order valence-corrected chi connectivity index (χ3v) is 5.13.